The van der Waals surface area contributed by atoms with Crippen LogP contribution < -0.4 is 5.73 Å². The third-order valence-electron chi connectivity index (χ3n) is 3.15. The normalized spacial score (nSPS) is 11.3. The van der Waals surface area contributed by atoms with E-state index in [4.69, 9.17) is 5.73 Å². The maximum absolute atomic E-state index is 13.4. The number of aromatic nitrogens is 3. The first kappa shape index (κ1) is 13.1. The first-order valence-corrected chi connectivity index (χ1v) is 7.40. The van der Waals surface area contributed by atoms with Gasteiger partial charge in [0.25, 0.3) is 0 Å². The molecule has 0 saturated heterocycles. The van der Waals surface area contributed by atoms with Crippen molar-refractivity contribution in [1.82, 2.24) is 14.5 Å². The highest BCUT2D eigenvalue weighted by Crippen LogP contribution is 2.21. The molecule has 6 heteroatoms. The van der Waals surface area contributed by atoms with E-state index in [2.05, 4.69) is 21.5 Å². The van der Waals surface area contributed by atoms with Gasteiger partial charge in [-0.3, -0.25) is 0 Å². The summed E-state index contributed by atoms with van der Waals surface area (Å²) in [6.07, 6.45) is 1.58. The van der Waals surface area contributed by atoms with Crippen LogP contribution in [0, 0.1) is 5.82 Å². The standard InChI is InChI=1S/C14H15FN4S/c1-2-5-19-12-6-9(15)3-4-11(12)18-13(19)7-10-8-20-14(16)17-10/h3-4,6,8H,2,5,7H2,1H3,(H2,16,17). The van der Waals surface area contributed by atoms with E-state index in [9.17, 15) is 4.39 Å². The van der Waals surface area contributed by atoms with Crippen LogP contribution in [0.4, 0.5) is 9.52 Å². The lowest BCUT2D eigenvalue weighted by Crippen LogP contribution is -2.04. The molecule has 0 saturated carbocycles. The largest absolute Gasteiger partial charge is 0.375 e. The Hall–Kier alpha value is -1.95. The molecule has 0 amide bonds. The minimum Gasteiger partial charge on any atom is -0.375 e. The second kappa shape index (κ2) is 5.20. The van der Waals surface area contributed by atoms with Crippen molar-refractivity contribution in [3.8, 4) is 0 Å². The Kier molecular flexibility index (Phi) is 3.40. The molecular formula is C14H15FN4S. The van der Waals surface area contributed by atoms with Crippen LogP contribution in [0.2, 0.25) is 0 Å². The highest BCUT2D eigenvalue weighted by atomic mass is 32.1. The van der Waals surface area contributed by atoms with Crippen molar-refractivity contribution in [2.24, 2.45) is 0 Å². The number of thiazole rings is 1. The summed E-state index contributed by atoms with van der Waals surface area (Å²) < 4.78 is 15.5. The molecule has 2 N–H and O–H groups in total. The number of anilines is 1. The molecule has 0 spiro atoms. The molecule has 2 aromatic heterocycles. The van der Waals surface area contributed by atoms with Crippen LogP contribution in [-0.4, -0.2) is 14.5 Å². The Bertz CT molecular complexity index is 747. The zero-order valence-electron chi connectivity index (χ0n) is 11.1. The molecule has 3 aromatic rings. The smallest absolute Gasteiger partial charge is 0.180 e. The van der Waals surface area contributed by atoms with Gasteiger partial charge in [-0.1, -0.05) is 6.92 Å². The van der Waals surface area contributed by atoms with Crippen molar-refractivity contribution in [1.29, 1.82) is 0 Å². The highest BCUT2D eigenvalue weighted by molar-refractivity contribution is 7.13. The lowest BCUT2D eigenvalue weighted by molar-refractivity contribution is 0.625. The minimum absolute atomic E-state index is 0.237. The van der Waals surface area contributed by atoms with Crippen molar-refractivity contribution >= 4 is 27.5 Å². The molecule has 0 radical (unpaired) electrons. The van der Waals surface area contributed by atoms with Gasteiger partial charge in [0.05, 0.1) is 16.7 Å². The van der Waals surface area contributed by atoms with Crippen molar-refractivity contribution in [2.45, 2.75) is 26.3 Å². The summed E-state index contributed by atoms with van der Waals surface area (Å²) in [5.41, 5.74) is 8.21. The molecule has 0 unspecified atom stereocenters. The molecular weight excluding hydrogens is 275 g/mol. The van der Waals surface area contributed by atoms with Gasteiger partial charge in [0, 0.05) is 18.3 Å². The molecule has 0 bridgehead atoms. The van der Waals surface area contributed by atoms with E-state index < -0.39 is 0 Å². The van der Waals surface area contributed by atoms with Crippen molar-refractivity contribution in [3.63, 3.8) is 0 Å². The quantitative estimate of drug-likeness (QED) is 0.802. The zero-order valence-corrected chi connectivity index (χ0v) is 12.0. The van der Waals surface area contributed by atoms with Crippen LogP contribution in [0.25, 0.3) is 11.0 Å². The first-order chi connectivity index (χ1) is 9.67. The second-order valence-corrected chi connectivity index (χ2v) is 5.56. The monoisotopic (exact) mass is 290 g/mol. The minimum atomic E-state index is -0.237. The molecule has 104 valence electrons. The average Bonchev–Trinajstić information content (AvgIpc) is 2.96. The van der Waals surface area contributed by atoms with Gasteiger partial charge in [-0.2, -0.15) is 0 Å². The topological polar surface area (TPSA) is 56.7 Å². The summed E-state index contributed by atoms with van der Waals surface area (Å²) in [5, 5.41) is 2.50. The fraction of sp³-hybridized carbons (Fsp3) is 0.286. The number of nitrogen functional groups attached to an aromatic ring is 1. The van der Waals surface area contributed by atoms with E-state index in [0.29, 0.717) is 11.6 Å². The Labute approximate surface area is 120 Å². The fourth-order valence-electron chi connectivity index (χ4n) is 2.32. The number of hydrogen-bond acceptors (Lipinski definition) is 4. The van der Waals surface area contributed by atoms with Crippen LogP contribution in [0.15, 0.2) is 23.6 Å². The van der Waals surface area contributed by atoms with Crippen LogP contribution in [-0.2, 0) is 13.0 Å². The number of hydrogen-bond donors (Lipinski definition) is 1. The van der Waals surface area contributed by atoms with Crippen molar-refractivity contribution in [2.75, 3.05) is 5.73 Å². The molecule has 4 nitrogen and oxygen atoms in total. The molecule has 20 heavy (non-hydrogen) atoms. The number of benzene rings is 1. The van der Waals surface area contributed by atoms with E-state index in [-0.39, 0.29) is 5.82 Å². The summed E-state index contributed by atoms with van der Waals surface area (Å²) >= 11 is 1.42. The number of fused-ring (bicyclic) bond motifs is 1. The summed E-state index contributed by atoms with van der Waals surface area (Å²) in [6, 6.07) is 4.70. The molecule has 0 aliphatic carbocycles. The lowest BCUT2D eigenvalue weighted by atomic mass is 10.3. The van der Waals surface area contributed by atoms with Gasteiger partial charge in [0.1, 0.15) is 11.6 Å². The second-order valence-electron chi connectivity index (χ2n) is 4.67. The SMILES string of the molecule is CCCn1c(Cc2csc(N)n2)nc2ccc(F)cc21. The van der Waals surface area contributed by atoms with Gasteiger partial charge in [-0.25, -0.2) is 14.4 Å². The maximum atomic E-state index is 13.4. The van der Waals surface area contributed by atoms with Crippen molar-refractivity contribution in [3.05, 3.63) is 40.9 Å². The van der Waals surface area contributed by atoms with Gasteiger partial charge >= 0.3 is 0 Å². The number of imidazole rings is 1. The fourth-order valence-corrected chi connectivity index (χ4v) is 2.88. The third-order valence-corrected chi connectivity index (χ3v) is 3.87. The molecule has 0 aliphatic rings. The average molecular weight is 290 g/mol. The van der Waals surface area contributed by atoms with E-state index in [1.54, 1.807) is 6.07 Å². The molecule has 3 rings (SSSR count). The molecule has 2 heterocycles. The number of aryl methyl sites for hydroxylation is 1. The predicted octanol–water partition coefficient (Wildman–Crippen LogP) is 3.21. The number of rotatable bonds is 4. The van der Waals surface area contributed by atoms with E-state index in [1.165, 1.54) is 23.5 Å². The molecule has 1 aromatic carbocycles. The summed E-state index contributed by atoms with van der Waals surface area (Å²) in [5.74, 6) is 0.664. The van der Waals surface area contributed by atoms with Crippen LogP contribution >= 0.6 is 11.3 Å². The highest BCUT2D eigenvalue weighted by Gasteiger charge is 2.12. The Balaban J connectivity index is 2.06. The van der Waals surface area contributed by atoms with Gasteiger partial charge in [-0.05, 0) is 24.6 Å². The summed E-state index contributed by atoms with van der Waals surface area (Å²) in [4.78, 5) is 8.86. The summed E-state index contributed by atoms with van der Waals surface area (Å²) in [7, 11) is 0. The van der Waals surface area contributed by atoms with E-state index >= 15 is 0 Å². The molecule has 0 fully saturated rings. The number of halogens is 1. The van der Waals surface area contributed by atoms with Crippen LogP contribution in [0.3, 0.4) is 0 Å². The molecule has 0 aliphatic heterocycles. The van der Waals surface area contributed by atoms with E-state index in [0.717, 1.165) is 35.5 Å². The van der Waals surface area contributed by atoms with Gasteiger partial charge in [-0.15, -0.1) is 11.3 Å². The van der Waals surface area contributed by atoms with Crippen LogP contribution in [0.5, 0.6) is 0 Å². The van der Waals surface area contributed by atoms with E-state index in [1.807, 2.05) is 5.38 Å². The van der Waals surface area contributed by atoms with Crippen molar-refractivity contribution < 1.29 is 4.39 Å². The number of nitrogens with two attached hydrogens (primary N) is 1. The predicted molar refractivity (Wildman–Crippen MR) is 79.3 cm³/mol. The lowest BCUT2D eigenvalue weighted by Gasteiger charge is -2.06. The summed E-state index contributed by atoms with van der Waals surface area (Å²) in [6.45, 7) is 2.91. The third kappa shape index (κ3) is 2.38. The Morgan fingerprint density at radius 3 is 2.90 bits per heavy atom. The van der Waals surface area contributed by atoms with Gasteiger partial charge in [0.15, 0.2) is 5.13 Å². The van der Waals surface area contributed by atoms with Crippen LogP contribution in [0.1, 0.15) is 24.9 Å². The number of nitrogens with zero attached hydrogens (tertiary/aromatic N) is 3. The zero-order chi connectivity index (χ0) is 14.1. The molecule has 0 atom stereocenters. The Morgan fingerprint density at radius 2 is 2.20 bits per heavy atom. The van der Waals surface area contributed by atoms with Gasteiger partial charge < -0.3 is 10.3 Å². The Morgan fingerprint density at radius 1 is 1.35 bits per heavy atom. The first-order valence-electron chi connectivity index (χ1n) is 6.52. The maximum Gasteiger partial charge on any atom is 0.180 e. The van der Waals surface area contributed by atoms with Gasteiger partial charge in [0.2, 0.25) is 0 Å².